The number of hydrogen-bond donors (Lipinski definition) is 2. The highest BCUT2D eigenvalue weighted by atomic mass is 16.3. The minimum Gasteiger partial charge on any atom is -0.396 e. The van der Waals surface area contributed by atoms with Gasteiger partial charge in [-0.2, -0.15) is 5.26 Å². The predicted octanol–water partition coefficient (Wildman–Crippen LogP) is 2.62. The van der Waals surface area contributed by atoms with Gasteiger partial charge in [0.2, 0.25) is 0 Å². The Bertz CT molecular complexity index is 473. The second kappa shape index (κ2) is 6.03. The number of hydrogen-bond acceptors (Lipinski definition) is 4. The molecule has 102 valence electrons. The SMILES string of the molecule is Cc1ccc(C#N)c(NCC2(CO)CCCCC2)n1. The molecule has 1 fully saturated rings. The summed E-state index contributed by atoms with van der Waals surface area (Å²) in [6.45, 7) is 2.80. The number of aromatic nitrogens is 1. The third kappa shape index (κ3) is 3.24. The topological polar surface area (TPSA) is 68.9 Å². The molecule has 0 spiro atoms. The lowest BCUT2D eigenvalue weighted by Gasteiger charge is -2.35. The van der Waals surface area contributed by atoms with Crippen LogP contribution >= 0.6 is 0 Å². The molecule has 1 aliphatic carbocycles. The maximum atomic E-state index is 9.68. The van der Waals surface area contributed by atoms with Gasteiger partial charge in [-0.1, -0.05) is 19.3 Å². The van der Waals surface area contributed by atoms with Crippen LogP contribution in [0.3, 0.4) is 0 Å². The maximum Gasteiger partial charge on any atom is 0.144 e. The molecule has 1 aliphatic rings. The summed E-state index contributed by atoms with van der Waals surface area (Å²) in [6, 6.07) is 5.78. The smallest absolute Gasteiger partial charge is 0.144 e. The van der Waals surface area contributed by atoms with Crippen LogP contribution in [0.2, 0.25) is 0 Å². The largest absolute Gasteiger partial charge is 0.396 e. The second-order valence-corrected chi connectivity index (χ2v) is 5.53. The molecule has 4 nitrogen and oxygen atoms in total. The van der Waals surface area contributed by atoms with Gasteiger partial charge in [-0.15, -0.1) is 0 Å². The number of nitriles is 1. The summed E-state index contributed by atoms with van der Waals surface area (Å²) in [5.41, 5.74) is 1.41. The fourth-order valence-electron chi connectivity index (χ4n) is 2.75. The van der Waals surface area contributed by atoms with Crippen molar-refractivity contribution in [2.45, 2.75) is 39.0 Å². The average molecular weight is 259 g/mol. The summed E-state index contributed by atoms with van der Waals surface area (Å²) >= 11 is 0. The molecule has 0 radical (unpaired) electrons. The molecule has 1 heterocycles. The summed E-state index contributed by atoms with van der Waals surface area (Å²) in [4.78, 5) is 4.38. The zero-order chi connectivity index (χ0) is 13.7. The minimum absolute atomic E-state index is 0.0452. The molecule has 0 bridgehead atoms. The lowest BCUT2D eigenvalue weighted by Crippen LogP contribution is -2.35. The van der Waals surface area contributed by atoms with Crippen molar-refractivity contribution < 1.29 is 5.11 Å². The lowest BCUT2D eigenvalue weighted by molar-refractivity contribution is 0.0943. The number of aliphatic hydroxyl groups is 1. The molecule has 19 heavy (non-hydrogen) atoms. The van der Waals surface area contributed by atoms with E-state index in [1.54, 1.807) is 6.07 Å². The second-order valence-electron chi connectivity index (χ2n) is 5.53. The Kier molecular flexibility index (Phi) is 4.39. The summed E-state index contributed by atoms with van der Waals surface area (Å²) in [6.07, 6.45) is 5.70. The Labute approximate surface area is 114 Å². The first-order valence-electron chi connectivity index (χ1n) is 6.92. The highest BCUT2D eigenvalue weighted by Gasteiger charge is 2.31. The normalized spacial score (nSPS) is 17.7. The molecule has 0 aromatic carbocycles. The predicted molar refractivity (Wildman–Crippen MR) is 74.8 cm³/mol. The molecular weight excluding hydrogens is 238 g/mol. The van der Waals surface area contributed by atoms with Crippen molar-refractivity contribution in [3.63, 3.8) is 0 Å². The summed E-state index contributed by atoms with van der Waals surface area (Å²) in [5, 5.41) is 22.0. The number of anilines is 1. The van der Waals surface area contributed by atoms with Crippen LogP contribution in [0.25, 0.3) is 0 Å². The third-order valence-electron chi connectivity index (χ3n) is 4.04. The van der Waals surface area contributed by atoms with Crippen LogP contribution in [0, 0.1) is 23.7 Å². The molecule has 1 saturated carbocycles. The monoisotopic (exact) mass is 259 g/mol. The van der Waals surface area contributed by atoms with Gasteiger partial charge in [0.25, 0.3) is 0 Å². The number of nitrogens with one attached hydrogen (secondary N) is 1. The van der Waals surface area contributed by atoms with Crippen molar-refractivity contribution in [3.05, 3.63) is 23.4 Å². The Morgan fingerprint density at radius 1 is 1.37 bits per heavy atom. The van der Waals surface area contributed by atoms with E-state index in [4.69, 9.17) is 5.26 Å². The van der Waals surface area contributed by atoms with Gasteiger partial charge in [-0.3, -0.25) is 0 Å². The van der Waals surface area contributed by atoms with Crippen molar-refractivity contribution in [1.29, 1.82) is 5.26 Å². The molecular formula is C15H21N3O. The van der Waals surface area contributed by atoms with E-state index in [2.05, 4.69) is 16.4 Å². The van der Waals surface area contributed by atoms with Gasteiger partial charge in [-0.05, 0) is 31.9 Å². The van der Waals surface area contributed by atoms with Gasteiger partial charge in [0.1, 0.15) is 11.9 Å². The highest BCUT2D eigenvalue weighted by Crippen LogP contribution is 2.36. The number of nitrogens with zero attached hydrogens (tertiary/aromatic N) is 2. The zero-order valence-corrected chi connectivity index (χ0v) is 11.4. The molecule has 0 unspecified atom stereocenters. The number of rotatable bonds is 4. The third-order valence-corrected chi connectivity index (χ3v) is 4.04. The van der Waals surface area contributed by atoms with Gasteiger partial charge in [0.15, 0.2) is 0 Å². The van der Waals surface area contributed by atoms with E-state index in [9.17, 15) is 5.11 Å². The van der Waals surface area contributed by atoms with Crippen molar-refractivity contribution >= 4 is 5.82 Å². The molecule has 2 N–H and O–H groups in total. The molecule has 1 aromatic rings. The standard InChI is InChI=1S/C15H21N3O/c1-12-5-6-13(9-16)14(18-12)17-10-15(11-19)7-3-2-4-8-15/h5-6,19H,2-4,7-8,10-11H2,1H3,(H,17,18). The van der Waals surface area contributed by atoms with E-state index in [-0.39, 0.29) is 12.0 Å². The van der Waals surface area contributed by atoms with Crippen LogP contribution in [0.4, 0.5) is 5.82 Å². The maximum absolute atomic E-state index is 9.68. The lowest BCUT2D eigenvalue weighted by atomic mass is 9.74. The van der Waals surface area contributed by atoms with Gasteiger partial charge in [0.05, 0.1) is 12.2 Å². The first kappa shape index (κ1) is 13.8. The van der Waals surface area contributed by atoms with Gasteiger partial charge < -0.3 is 10.4 Å². The first-order valence-corrected chi connectivity index (χ1v) is 6.92. The van der Waals surface area contributed by atoms with E-state index < -0.39 is 0 Å². The number of aryl methyl sites for hydroxylation is 1. The zero-order valence-electron chi connectivity index (χ0n) is 11.4. The van der Waals surface area contributed by atoms with Gasteiger partial charge in [0, 0.05) is 17.7 Å². The summed E-state index contributed by atoms with van der Waals surface area (Å²) in [7, 11) is 0. The fraction of sp³-hybridized carbons (Fsp3) is 0.600. The fourth-order valence-corrected chi connectivity index (χ4v) is 2.75. The molecule has 0 amide bonds. The van der Waals surface area contributed by atoms with Crippen molar-refractivity contribution in [2.24, 2.45) is 5.41 Å². The van der Waals surface area contributed by atoms with E-state index in [0.29, 0.717) is 17.9 Å². The van der Waals surface area contributed by atoms with Gasteiger partial charge in [-0.25, -0.2) is 4.98 Å². The van der Waals surface area contributed by atoms with Crippen LogP contribution in [-0.2, 0) is 0 Å². The molecule has 1 aromatic heterocycles. The van der Waals surface area contributed by atoms with E-state index in [0.717, 1.165) is 18.5 Å². The Morgan fingerprint density at radius 3 is 2.74 bits per heavy atom. The Hall–Kier alpha value is -1.60. The molecule has 0 saturated heterocycles. The summed E-state index contributed by atoms with van der Waals surface area (Å²) < 4.78 is 0. The van der Waals surface area contributed by atoms with Crippen molar-refractivity contribution in [1.82, 2.24) is 4.98 Å². The molecule has 2 rings (SSSR count). The number of aliphatic hydroxyl groups excluding tert-OH is 1. The average Bonchev–Trinajstić information content (AvgIpc) is 2.46. The summed E-state index contributed by atoms with van der Waals surface area (Å²) in [5.74, 6) is 0.640. The molecule has 4 heteroatoms. The Balaban J connectivity index is 2.09. The first-order chi connectivity index (χ1) is 9.19. The van der Waals surface area contributed by atoms with Crippen LogP contribution < -0.4 is 5.32 Å². The van der Waals surface area contributed by atoms with Crippen molar-refractivity contribution in [2.75, 3.05) is 18.5 Å². The highest BCUT2D eigenvalue weighted by molar-refractivity contribution is 5.52. The quantitative estimate of drug-likeness (QED) is 0.872. The molecule has 0 aliphatic heterocycles. The molecule has 0 atom stereocenters. The van der Waals surface area contributed by atoms with Crippen LogP contribution in [0.5, 0.6) is 0 Å². The van der Waals surface area contributed by atoms with E-state index in [1.165, 1.54) is 19.3 Å². The van der Waals surface area contributed by atoms with Crippen LogP contribution in [0.15, 0.2) is 12.1 Å². The minimum atomic E-state index is -0.0452. The Morgan fingerprint density at radius 2 is 2.11 bits per heavy atom. The van der Waals surface area contributed by atoms with Crippen LogP contribution in [-0.4, -0.2) is 23.2 Å². The van der Waals surface area contributed by atoms with Gasteiger partial charge >= 0.3 is 0 Å². The van der Waals surface area contributed by atoms with Crippen LogP contribution in [0.1, 0.15) is 43.4 Å². The van der Waals surface area contributed by atoms with E-state index in [1.807, 2.05) is 13.0 Å². The number of pyridine rings is 1. The van der Waals surface area contributed by atoms with Crippen molar-refractivity contribution in [3.8, 4) is 6.07 Å². The van der Waals surface area contributed by atoms with E-state index >= 15 is 0 Å².